The lowest BCUT2D eigenvalue weighted by molar-refractivity contribution is 0.539. The molecular formula is C10H15BrN2O2S. The zero-order chi connectivity index (χ0) is 11.9. The zero-order valence-corrected chi connectivity index (χ0v) is 11.8. The average Bonchev–Trinajstić information content (AvgIpc) is 2.68. The topological polar surface area (TPSA) is 52.0 Å². The van der Waals surface area contributed by atoms with E-state index in [0.717, 1.165) is 10.4 Å². The van der Waals surface area contributed by atoms with Gasteiger partial charge in [-0.1, -0.05) is 0 Å². The Balaban J connectivity index is 2.35. The summed E-state index contributed by atoms with van der Waals surface area (Å²) in [6.07, 6.45) is 2.50. The maximum Gasteiger partial charge on any atom is 0.177 e. The first-order valence-electron chi connectivity index (χ1n) is 5.34. The van der Waals surface area contributed by atoms with Crippen LogP contribution >= 0.6 is 15.9 Å². The molecule has 2 heterocycles. The van der Waals surface area contributed by atoms with Crippen molar-refractivity contribution < 1.29 is 8.42 Å². The standard InChI is InChI=1S/C10H15BrN2O2S/c1-7(2)13-9(5-12-10(13)11)8-3-4-16(14,15)6-8/h5,7-8H,3-4,6H2,1-2H3. The van der Waals surface area contributed by atoms with Gasteiger partial charge >= 0.3 is 0 Å². The van der Waals surface area contributed by atoms with Gasteiger partial charge in [0, 0.05) is 23.9 Å². The molecule has 16 heavy (non-hydrogen) atoms. The monoisotopic (exact) mass is 306 g/mol. The highest BCUT2D eigenvalue weighted by atomic mass is 79.9. The van der Waals surface area contributed by atoms with Crippen LogP contribution in [0.4, 0.5) is 0 Å². The third-order valence-electron chi connectivity index (χ3n) is 2.95. The van der Waals surface area contributed by atoms with E-state index in [0.29, 0.717) is 12.2 Å². The summed E-state index contributed by atoms with van der Waals surface area (Å²) in [5.41, 5.74) is 1.03. The van der Waals surface area contributed by atoms with Gasteiger partial charge in [-0.15, -0.1) is 0 Å². The Morgan fingerprint density at radius 2 is 2.25 bits per heavy atom. The van der Waals surface area contributed by atoms with E-state index in [4.69, 9.17) is 0 Å². The lowest BCUT2D eigenvalue weighted by atomic mass is 10.1. The first-order chi connectivity index (χ1) is 7.41. The van der Waals surface area contributed by atoms with Gasteiger partial charge in [0.15, 0.2) is 14.6 Å². The van der Waals surface area contributed by atoms with Gasteiger partial charge in [-0.2, -0.15) is 0 Å². The molecule has 4 nitrogen and oxygen atoms in total. The van der Waals surface area contributed by atoms with Gasteiger partial charge in [-0.25, -0.2) is 13.4 Å². The molecule has 1 aromatic rings. The van der Waals surface area contributed by atoms with Gasteiger partial charge in [0.05, 0.1) is 11.5 Å². The largest absolute Gasteiger partial charge is 0.320 e. The zero-order valence-electron chi connectivity index (χ0n) is 9.35. The second-order valence-electron chi connectivity index (χ2n) is 4.52. The number of nitrogens with zero attached hydrogens (tertiary/aromatic N) is 2. The molecule has 0 saturated carbocycles. The van der Waals surface area contributed by atoms with Crippen LogP contribution in [0.5, 0.6) is 0 Å². The van der Waals surface area contributed by atoms with Crippen LogP contribution in [0.1, 0.15) is 37.9 Å². The lowest BCUT2D eigenvalue weighted by Crippen LogP contribution is -2.11. The summed E-state index contributed by atoms with van der Waals surface area (Å²) in [6.45, 7) is 4.14. The summed E-state index contributed by atoms with van der Waals surface area (Å²) in [7, 11) is -2.83. The molecule has 2 rings (SSSR count). The Kier molecular flexibility index (Phi) is 3.13. The Bertz CT molecular complexity index is 493. The average molecular weight is 307 g/mol. The first-order valence-corrected chi connectivity index (χ1v) is 7.95. The van der Waals surface area contributed by atoms with Crippen molar-refractivity contribution in [3.8, 4) is 0 Å². The Morgan fingerprint density at radius 3 is 2.75 bits per heavy atom. The fourth-order valence-corrected chi connectivity index (χ4v) is 4.67. The summed E-state index contributed by atoms with van der Waals surface area (Å²) in [5.74, 6) is 0.669. The summed E-state index contributed by atoms with van der Waals surface area (Å²) in [6, 6.07) is 0.287. The first kappa shape index (κ1) is 12.1. The van der Waals surface area contributed by atoms with Crippen molar-refractivity contribution in [2.75, 3.05) is 11.5 Å². The Morgan fingerprint density at radius 1 is 1.56 bits per heavy atom. The molecule has 0 aliphatic carbocycles. The van der Waals surface area contributed by atoms with E-state index in [-0.39, 0.29) is 17.7 Å². The highest BCUT2D eigenvalue weighted by molar-refractivity contribution is 9.10. The predicted molar refractivity (Wildman–Crippen MR) is 66.3 cm³/mol. The Hall–Kier alpha value is -0.360. The van der Waals surface area contributed by atoms with Crippen molar-refractivity contribution in [2.24, 2.45) is 0 Å². The third-order valence-corrected chi connectivity index (χ3v) is 5.30. The molecule has 6 heteroatoms. The van der Waals surface area contributed by atoms with E-state index in [9.17, 15) is 8.42 Å². The summed E-state index contributed by atoms with van der Waals surface area (Å²) in [4.78, 5) is 4.21. The minimum Gasteiger partial charge on any atom is -0.320 e. The highest BCUT2D eigenvalue weighted by Gasteiger charge is 2.32. The molecule has 1 atom stereocenters. The molecule has 0 N–H and O–H groups in total. The molecule has 0 aromatic carbocycles. The van der Waals surface area contributed by atoms with Gasteiger partial charge < -0.3 is 4.57 Å². The van der Waals surface area contributed by atoms with Crippen molar-refractivity contribution in [1.29, 1.82) is 0 Å². The van der Waals surface area contributed by atoms with Crippen molar-refractivity contribution in [2.45, 2.75) is 32.2 Å². The number of hydrogen-bond donors (Lipinski definition) is 0. The molecule has 0 spiro atoms. The fraction of sp³-hybridized carbons (Fsp3) is 0.700. The van der Waals surface area contributed by atoms with Crippen LogP contribution in [-0.4, -0.2) is 29.5 Å². The van der Waals surface area contributed by atoms with E-state index in [2.05, 4.69) is 39.3 Å². The van der Waals surface area contributed by atoms with Crippen LogP contribution in [-0.2, 0) is 9.84 Å². The molecule has 1 unspecified atom stereocenters. The molecule has 1 aliphatic heterocycles. The highest BCUT2D eigenvalue weighted by Crippen LogP contribution is 2.32. The molecule has 1 fully saturated rings. The molecule has 1 aliphatic rings. The van der Waals surface area contributed by atoms with Crippen LogP contribution in [0.2, 0.25) is 0 Å². The van der Waals surface area contributed by atoms with E-state index in [1.807, 2.05) is 0 Å². The maximum atomic E-state index is 11.5. The van der Waals surface area contributed by atoms with E-state index in [1.165, 1.54) is 0 Å². The van der Waals surface area contributed by atoms with E-state index >= 15 is 0 Å². The molecular weight excluding hydrogens is 292 g/mol. The second kappa shape index (κ2) is 4.14. The maximum absolute atomic E-state index is 11.5. The number of aromatic nitrogens is 2. The SMILES string of the molecule is CC(C)n1c(C2CCS(=O)(=O)C2)cnc1Br. The number of sulfone groups is 1. The van der Waals surface area contributed by atoms with E-state index in [1.54, 1.807) is 6.20 Å². The molecule has 0 amide bonds. The molecule has 90 valence electrons. The summed E-state index contributed by atoms with van der Waals surface area (Å²) < 4.78 is 25.8. The summed E-state index contributed by atoms with van der Waals surface area (Å²) >= 11 is 3.40. The number of imidazole rings is 1. The van der Waals surface area contributed by atoms with Crippen molar-refractivity contribution in [3.05, 3.63) is 16.6 Å². The van der Waals surface area contributed by atoms with Crippen LogP contribution in [0.25, 0.3) is 0 Å². The quantitative estimate of drug-likeness (QED) is 0.841. The van der Waals surface area contributed by atoms with Crippen molar-refractivity contribution in [1.82, 2.24) is 9.55 Å². The lowest BCUT2D eigenvalue weighted by Gasteiger charge is -2.16. The number of rotatable bonds is 2. The molecule has 0 bridgehead atoms. The van der Waals surface area contributed by atoms with Gasteiger partial charge in [-0.3, -0.25) is 0 Å². The molecule has 1 aromatic heterocycles. The predicted octanol–water partition coefficient (Wildman–Crippen LogP) is 2.13. The second-order valence-corrected chi connectivity index (χ2v) is 7.45. The molecule has 1 saturated heterocycles. The third kappa shape index (κ3) is 2.18. The normalized spacial score (nSPS) is 24.1. The minimum atomic E-state index is -2.83. The van der Waals surface area contributed by atoms with Gasteiger partial charge in [0.1, 0.15) is 0 Å². The van der Waals surface area contributed by atoms with Gasteiger partial charge in [0.2, 0.25) is 0 Å². The van der Waals surface area contributed by atoms with Gasteiger partial charge in [0.25, 0.3) is 0 Å². The van der Waals surface area contributed by atoms with Crippen LogP contribution < -0.4 is 0 Å². The van der Waals surface area contributed by atoms with E-state index < -0.39 is 9.84 Å². The Labute approximate surface area is 104 Å². The minimum absolute atomic E-state index is 0.103. The van der Waals surface area contributed by atoms with Crippen LogP contribution in [0.15, 0.2) is 10.9 Å². The molecule has 0 radical (unpaired) electrons. The van der Waals surface area contributed by atoms with Crippen molar-refractivity contribution >= 4 is 25.8 Å². The van der Waals surface area contributed by atoms with Crippen molar-refractivity contribution in [3.63, 3.8) is 0 Å². The van der Waals surface area contributed by atoms with Crippen LogP contribution in [0.3, 0.4) is 0 Å². The number of hydrogen-bond acceptors (Lipinski definition) is 3. The smallest absolute Gasteiger partial charge is 0.177 e. The van der Waals surface area contributed by atoms with Gasteiger partial charge in [-0.05, 0) is 36.2 Å². The van der Waals surface area contributed by atoms with Crippen LogP contribution in [0, 0.1) is 0 Å². The number of halogens is 1. The fourth-order valence-electron chi connectivity index (χ4n) is 2.19. The summed E-state index contributed by atoms with van der Waals surface area (Å²) in [5, 5.41) is 0.